The first kappa shape index (κ1) is 23.2. The summed E-state index contributed by atoms with van der Waals surface area (Å²) in [7, 11) is 1.62. The number of carbonyl (C=O) groups excluding carboxylic acids is 1. The monoisotopic (exact) mass is 425 g/mol. The Morgan fingerprint density at radius 3 is 2.65 bits per heavy atom. The number of likely N-dealkylation sites (tertiary alicyclic amines) is 1. The van der Waals surface area contributed by atoms with Gasteiger partial charge in [0.05, 0.1) is 25.5 Å². The summed E-state index contributed by atoms with van der Waals surface area (Å²) in [5.74, 6) is 1.52. The van der Waals surface area contributed by atoms with Crippen LogP contribution in [0.5, 0.6) is 5.75 Å². The number of piperidine rings is 1. The van der Waals surface area contributed by atoms with Gasteiger partial charge in [0.1, 0.15) is 5.75 Å². The number of nitrogens with zero attached hydrogens (tertiary/aromatic N) is 2. The van der Waals surface area contributed by atoms with Crippen molar-refractivity contribution >= 4 is 5.91 Å². The Morgan fingerprint density at radius 1 is 1.26 bits per heavy atom. The van der Waals surface area contributed by atoms with Crippen LogP contribution >= 0.6 is 0 Å². The lowest BCUT2D eigenvalue weighted by Gasteiger charge is -2.36. The van der Waals surface area contributed by atoms with Gasteiger partial charge in [-0.15, -0.1) is 0 Å². The molecular formula is C25H35N3O3. The summed E-state index contributed by atoms with van der Waals surface area (Å²) in [6.45, 7) is 6.88. The van der Waals surface area contributed by atoms with Crippen LogP contribution in [0.4, 0.5) is 0 Å². The standard InChI is InChI=1S/C25H35N3O3/c1-18(2)14-24(30)27-25(22-6-4-5-11-26-22)20-9-12-28(13-10-20)16-19-7-8-23(31-3)21(15-19)17-29/h4-8,11,15,18,20,25,29H,9-10,12-14,16-17H2,1-3H3,(H,27,30)/t25-/m1/s1. The smallest absolute Gasteiger partial charge is 0.220 e. The van der Waals surface area contributed by atoms with Crippen molar-refractivity contribution in [2.75, 3.05) is 20.2 Å². The zero-order valence-electron chi connectivity index (χ0n) is 18.9. The highest BCUT2D eigenvalue weighted by atomic mass is 16.5. The number of rotatable bonds is 9. The van der Waals surface area contributed by atoms with Crippen molar-refractivity contribution in [3.05, 3.63) is 59.4 Å². The molecule has 0 unspecified atom stereocenters. The second-order valence-electron chi connectivity index (χ2n) is 8.82. The molecule has 1 atom stereocenters. The molecule has 1 saturated heterocycles. The number of aliphatic hydroxyl groups excluding tert-OH is 1. The fourth-order valence-electron chi connectivity index (χ4n) is 4.35. The number of hydrogen-bond donors (Lipinski definition) is 2. The van der Waals surface area contributed by atoms with E-state index in [0.29, 0.717) is 18.3 Å². The van der Waals surface area contributed by atoms with Crippen molar-refractivity contribution < 1.29 is 14.6 Å². The lowest BCUT2D eigenvalue weighted by molar-refractivity contribution is -0.123. The molecule has 0 spiro atoms. The largest absolute Gasteiger partial charge is 0.496 e. The highest BCUT2D eigenvalue weighted by molar-refractivity contribution is 5.76. The maximum atomic E-state index is 12.5. The van der Waals surface area contributed by atoms with E-state index in [1.807, 2.05) is 30.3 Å². The van der Waals surface area contributed by atoms with Crippen LogP contribution in [0.2, 0.25) is 0 Å². The van der Waals surface area contributed by atoms with Crippen LogP contribution in [0.3, 0.4) is 0 Å². The molecule has 3 rings (SSSR count). The first-order valence-electron chi connectivity index (χ1n) is 11.2. The first-order valence-corrected chi connectivity index (χ1v) is 11.2. The number of pyridine rings is 1. The summed E-state index contributed by atoms with van der Waals surface area (Å²) in [4.78, 5) is 19.5. The van der Waals surface area contributed by atoms with Crippen LogP contribution in [-0.2, 0) is 17.9 Å². The number of amides is 1. The van der Waals surface area contributed by atoms with Crippen LogP contribution in [0, 0.1) is 11.8 Å². The van der Waals surface area contributed by atoms with Crippen LogP contribution in [0.25, 0.3) is 0 Å². The van der Waals surface area contributed by atoms with Crippen molar-refractivity contribution in [2.45, 2.75) is 52.3 Å². The lowest BCUT2D eigenvalue weighted by Crippen LogP contribution is -2.41. The zero-order chi connectivity index (χ0) is 22.2. The molecule has 0 radical (unpaired) electrons. The van der Waals surface area contributed by atoms with Gasteiger partial charge in [0.25, 0.3) is 0 Å². The fraction of sp³-hybridized carbons (Fsp3) is 0.520. The van der Waals surface area contributed by atoms with E-state index in [4.69, 9.17) is 4.74 Å². The Bertz CT molecular complexity index is 833. The Labute approximate surface area is 185 Å². The maximum Gasteiger partial charge on any atom is 0.220 e. The van der Waals surface area contributed by atoms with Crippen molar-refractivity contribution in [1.29, 1.82) is 0 Å². The van der Waals surface area contributed by atoms with E-state index in [1.165, 1.54) is 5.56 Å². The molecule has 1 fully saturated rings. The van der Waals surface area contributed by atoms with E-state index >= 15 is 0 Å². The van der Waals surface area contributed by atoms with Gasteiger partial charge in [-0.3, -0.25) is 14.7 Å². The number of nitrogens with one attached hydrogen (secondary N) is 1. The van der Waals surface area contributed by atoms with Crippen molar-refractivity contribution in [3.8, 4) is 5.75 Å². The SMILES string of the molecule is COc1ccc(CN2CCC([C@@H](NC(=O)CC(C)C)c3ccccn3)CC2)cc1CO. The third-order valence-corrected chi connectivity index (χ3v) is 5.94. The van der Waals surface area contributed by atoms with Crippen LogP contribution < -0.4 is 10.1 Å². The van der Waals surface area contributed by atoms with Gasteiger partial charge >= 0.3 is 0 Å². The van der Waals surface area contributed by atoms with Gasteiger partial charge in [-0.25, -0.2) is 0 Å². The van der Waals surface area contributed by atoms with Crippen molar-refractivity contribution in [3.63, 3.8) is 0 Å². The highest BCUT2D eigenvalue weighted by Gasteiger charge is 2.30. The topological polar surface area (TPSA) is 74.7 Å². The molecule has 0 bridgehead atoms. The Balaban J connectivity index is 1.63. The second-order valence-corrected chi connectivity index (χ2v) is 8.82. The van der Waals surface area contributed by atoms with Crippen molar-refractivity contribution in [2.24, 2.45) is 11.8 Å². The molecule has 2 N–H and O–H groups in total. The van der Waals surface area contributed by atoms with E-state index in [0.717, 1.165) is 49.5 Å². The average molecular weight is 426 g/mol. The predicted molar refractivity (Wildman–Crippen MR) is 121 cm³/mol. The quantitative estimate of drug-likeness (QED) is 0.641. The minimum Gasteiger partial charge on any atom is -0.496 e. The summed E-state index contributed by atoms with van der Waals surface area (Å²) in [5.41, 5.74) is 2.94. The third kappa shape index (κ3) is 6.52. The van der Waals surface area contributed by atoms with E-state index in [1.54, 1.807) is 13.3 Å². The van der Waals surface area contributed by atoms with E-state index in [9.17, 15) is 9.90 Å². The molecule has 0 saturated carbocycles. The number of ether oxygens (including phenoxy) is 1. The average Bonchev–Trinajstić information content (AvgIpc) is 2.78. The molecule has 1 aliphatic heterocycles. The first-order chi connectivity index (χ1) is 15.0. The number of aliphatic hydroxyl groups is 1. The Hall–Kier alpha value is -2.44. The molecular weight excluding hydrogens is 390 g/mol. The Morgan fingerprint density at radius 2 is 2.03 bits per heavy atom. The molecule has 1 amide bonds. The van der Waals surface area contributed by atoms with E-state index in [2.05, 4.69) is 35.1 Å². The lowest BCUT2D eigenvalue weighted by atomic mass is 9.87. The molecule has 1 aromatic heterocycles. The third-order valence-electron chi connectivity index (χ3n) is 5.94. The number of hydrogen-bond acceptors (Lipinski definition) is 5. The van der Waals surface area contributed by atoms with Crippen LogP contribution in [0.15, 0.2) is 42.6 Å². The van der Waals surface area contributed by atoms with Gasteiger partial charge in [-0.05, 0) is 67.6 Å². The normalized spacial score (nSPS) is 16.3. The van der Waals surface area contributed by atoms with Gasteiger partial charge in [0.2, 0.25) is 5.91 Å². The van der Waals surface area contributed by atoms with Gasteiger partial charge in [0, 0.05) is 24.7 Å². The second kappa shape index (κ2) is 11.3. The molecule has 1 aromatic carbocycles. The summed E-state index contributed by atoms with van der Waals surface area (Å²) < 4.78 is 5.31. The minimum absolute atomic E-state index is 0.0269. The molecule has 2 aromatic rings. The van der Waals surface area contributed by atoms with Gasteiger partial charge in [0.15, 0.2) is 0 Å². The molecule has 6 nitrogen and oxygen atoms in total. The zero-order valence-corrected chi connectivity index (χ0v) is 18.9. The number of carbonyl (C=O) groups is 1. The van der Waals surface area contributed by atoms with Gasteiger partial charge in [-0.1, -0.05) is 26.0 Å². The number of methoxy groups -OCH3 is 1. The maximum absolute atomic E-state index is 12.5. The highest BCUT2D eigenvalue weighted by Crippen LogP contribution is 2.31. The van der Waals surface area contributed by atoms with E-state index < -0.39 is 0 Å². The fourth-order valence-corrected chi connectivity index (χ4v) is 4.35. The number of aromatic nitrogens is 1. The Kier molecular flexibility index (Phi) is 8.43. The van der Waals surface area contributed by atoms with E-state index in [-0.39, 0.29) is 18.6 Å². The number of benzene rings is 1. The predicted octanol–water partition coefficient (Wildman–Crippen LogP) is 3.70. The van der Waals surface area contributed by atoms with Crippen LogP contribution in [0.1, 0.15) is 56.0 Å². The van der Waals surface area contributed by atoms with Crippen LogP contribution in [-0.4, -0.2) is 41.1 Å². The molecule has 2 heterocycles. The molecule has 31 heavy (non-hydrogen) atoms. The molecule has 168 valence electrons. The van der Waals surface area contributed by atoms with Gasteiger partial charge < -0.3 is 15.2 Å². The summed E-state index contributed by atoms with van der Waals surface area (Å²) >= 11 is 0. The molecule has 6 heteroatoms. The summed E-state index contributed by atoms with van der Waals surface area (Å²) in [6, 6.07) is 11.9. The van der Waals surface area contributed by atoms with Crippen molar-refractivity contribution in [1.82, 2.24) is 15.2 Å². The minimum atomic E-state index is -0.0448. The summed E-state index contributed by atoms with van der Waals surface area (Å²) in [6.07, 6.45) is 4.35. The van der Waals surface area contributed by atoms with Gasteiger partial charge in [-0.2, -0.15) is 0 Å². The summed E-state index contributed by atoms with van der Waals surface area (Å²) in [5, 5.41) is 12.8. The molecule has 1 aliphatic rings. The molecule has 0 aliphatic carbocycles.